The van der Waals surface area contributed by atoms with Crippen molar-refractivity contribution in [2.75, 3.05) is 13.2 Å². The van der Waals surface area contributed by atoms with Crippen molar-refractivity contribution in [2.45, 2.75) is 31.3 Å². The maximum absolute atomic E-state index is 12.6. The second-order valence-corrected chi connectivity index (χ2v) is 8.44. The monoisotopic (exact) mass is 460 g/mol. The van der Waals surface area contributed by atoms with Crippen LogP contribution in [-0.4, -0.2) is 47.2 Å². The average molecular weight is 460 g/mol. The number of likely N-dealkylation sites (tertiary alicyclic amines) is 1. The highest BCUT2D eigenvalue weighted by Gasteiger charge is 2.35. The number of ether oxygens (including phenoxy) is 1. The van der Waals surface area contributed by atoms with Gasteiger partial charge in [0.15, 0.2) is 5.76 Å². The van der Waals surface area contributed by atoms with Crippen LogP contribution in [0.2, 0.25) is 0 Å². The summed E-state index contributed by atoms with van der Waals surface area (Å²) in [6.07, 6.45) is 0.481. The number of alkyl carbamates (subject to hydrolysis) is 1. The zero-order valence-corrected chi connectivity index (χ0v) is 18.4. The van der Waals surface area contributed by atoms with Gasteiger partial charge in [-0.2, -0.15) is 0 Å². The fraction of sp³-hybridized carbons (Fsp3) is 0.269. The van der Waals surface area contributed by atoms with E-state index in [9.17, 15) is 19.5 Å². The van der Waals surface area contributed by atoms with Gasteiger partial charge in [0, 0.05) is 12.5 Å². The third-order valence-corrected chi connectivity index (χ3v) is 6.42. The number of nitrogens with one attached hydrogen (secondary N) is 1. The third kappa shape index (κ3) is 4.03. The molecule has 1 fully saturated rings. The van der Waals surface area contributed by atoms with E-state index in [0.717, 1.165) is 22.3 Å². The second kappa shape index (κ2) is 9.05. The predicted octanol–water partition coefficient (Wildman–Crippen LogP) is 4.01. The zero-order chi connectivity index (χ0) is 23.7. The number of hydrogen-bond donors (Lipinski definition) is 2. The molecule has 1 atom stereocenters. The van der Waals surface area contributed by atoms with E-state index in [0.29, 0.717) is 25.1 Å². The Morgan fingerprint density at radius 3 is 2.35 bits per heavy atom. The van der Waals surface area contributed by atoms with Gasteiger partial charge in [0.05, 0.1) is 6.54 Å². The summed E-state index contributed by atoms with van der Waals surface area (Å²) in [4.78, 5) is 37.6. The van der Waals surface area contributed by atoms with Crippen LogP contribution in [0, 0.1) is 0 Å². The highest BCUT2D eigenvalue weighted by atomic mass is 16.5. The lowest BCUT2D eigenvalue weighted by Gasteiger charge is -2.19. The Balaban J connectivity index is 1.17. The highest BCUT2D eigenvalue weighted by molar-refractivity contribution is 5.94. The largest absolute Gasteiger partial charge is 0.480 e. The van der Waals surface area contributed by atoms with Gasteiger partial charge in [0.25, 0.3) is 5.91 Å². The summed E-state index contributed by atoms with van der Waals surface area (Å²) >= 11 is 0. The molecule has 1 aliphatic carbocycles. The average Bonchev–Trinajstić information content (AvgIpc) is 3.59. The van der Waals surface area contributed by atoms with E-state index in [1.54, 1.807) is 6.07 Å². The molecule has 2 aromatic carbocycles. The number of carboxylic acids is 1. The van der Waals surface area contributed by atoms with Gasteiger partial charge in [0.2, 0.25) is 0 Å². The number of carbonyl (C=O) groups excluding carboxylic acids is 2. The fourth-order valence-corrected chi connectivity index (χ4v) is 4.80. The molecule has 2 aliphatic rings. The second-order valence-electron chi connectivity index (χ2n) is 8.44. The molecule has 34 heavy (non-hydrogen) atoms. The Morgan fingerprint density at radius 2 is 1.68 bits per heavy atom. The maximum Gasteiger partial charge on any atom is 0.407 e. The Labute approximate surface area is 196 Å². The zero-order valence-electron chi connectivity index (χ0n) is 18.4. The number of carbonyl (C=O) groups is 3. The van der Waals surface area contributed by atoms with Gasteiger partial charge in [-0.1, -0.05) is 48.5 Å². The number of benzene rings is 2. The number of amides is 2. The van der Waals surface area contributed by atoms with E-state index in [1.807, 2.05) is 24.3 Å². The molecular formula is C26H24N2O6. The quantitative estimate of drug-likeness (QED) is 0.575. The fourth-order valence-electron chi connectivity index (χ4n) is 4.80. The van der Waals surface area contributed by atoms with Crippen LogP contribution in [0.25, 0.3) is 11.1 Å². The van der Waals surface area contributed by atoms with Crippen molar-refractivity contribution in [1.82, 2.24) is 10.2 Å². The number of furan rings is 1. The van der Waals surface area contributed by atoms with Crippen molar-refractivity contribution in [1.29, 1.82) is 0 Å². The molecule has 8 nitrogen and oxygen atoms in total. The van der Waals surface area contributed by atoms with E-state index in [4.69, 9.17) is 9.15 Å². The van der Waals surface area contributed by atoms with Gasteiger partial charge in [-0.15, -0.1) is 0 Å². The summed E-state index contributed by atoms with van der Waals surface area (Å²) in [6, 6.07) is 18.5. The Bertz CT molecular complexity index is 1200. The van der Waals surface area contributed by atoms with Gasteiger partial charge < -0.3 is 24.5 Å². The normalized spacial score (nSPS) is 16.7. The lowest BCUT2D eigenvalue weighted by molar-refractivity contribution is -0.141. The number of hydrogen-bond acceptors (Lipinski definition) is 5. The first-order valence-corrected chi connectivity index (χ1v) is 11.2. The summed E-state index contributed by atoms with van der Waals surface area (Å²) in [5.74, 6) is -1.08. The molecule has 5 rings (SSSR count). The first-order chi connectivity index (χ1) is 16.5. The Kier molecular flexibility index (Phi) is 5.79. The van der Waals surface area contributed by atoms with E-state index < -0.39 is 24.0 Å². The number of nitrogens with zero attached hydrogens (tertiary/aromatic N) is 1. The Morgan fingerprint density at radius 1 is 1.00 bits per heavy atom. The Hall–Kier alpha value is -4.07. The van der Waals surface area contributed by atoms with Crippen molar-refractivity contribution in [3.63, 3.8) is 0 Å². The molecule has 0 bridgehead atoms. The van der Waals surface area contributed by atoms with E-state index in [1.165, 1.54) is 11.0 Å². The van der Waals surface area contributed by atoms with Crippen LogP contribution in [0.15, 0.2) is 65.1 Å². The van der Waals surface area contributed by atoms with Crippen molar-refractivity contribution in [3.8, 4) is 11.1 Å². The van der Waals surface area contributed by atoms with Crippen molar-refractivity contribution in [3.05, 3.63) is 83.3 Å². The topological polar surface area (TPSA) is 109 Å². The van der Waals surface area contributed by atoms with Crippen LogP contribution in [0.4, 0.5) is 4.79 Å². The highest BCUT2D eigenvalue weighted by Crippen LogP contribution is 2.44. The third-order valence-electron chi connectivity index (χ3n) is 6.42. The number of carboxylic acid groups (broad SMARTS) is 1. The van der Waals surface area contributed by atoms with Crippen LogP contribution in [0.3, 0.4) is 0 Å². The molecule has 3 aromatic rings. The summed E-state index contributed by atoms with van der Waals surface area (Å²) < 4.78 is 11.1. The van der Waals surface area contributed by atoms with Crippen molar-refractivity contribution < 1.29 is 28.6 Å². The summed E-state index contributed by atoms with van der Waals surface area (Å²) in [5.41, 5.74) is 4.57. The van der Waals surface area contributed by atoms with E-state index >= 15 is 0 Å². The van der Waals surface area contributed by atoms with Crippen molar-refractivity contribution in [2.24, 2.45) is 0 Å². The number of rotatable bonds is 6. The molecule has 0 spiro atoms. The van der Waals surface area contributed by atoms with Gasteiger partial charge in [0.1, 0.15) is 18.4 Å². The molecule has 0 radical (unpaired) electrons. The molecule has 1 aromatic heterocycles. The smallest absolute Gasteiger partial charge is 0.407 e. The minimum atomic E-state index is -1.02. The number of fused-ring (bicyclic) bond motifs is 3. The van der Waals surface area contributed by atoms with Gasteiger partial charge in [-0.25, -0.2) is 9.59 Å². The van der Waals surface area contributed by atoms with Gasteiger partial charge >= 0.3 is 12.1 Å². The lowest BCUT2D eigenvalue weighted by Crippen LogP contribution is -2.40. The molecular weight excluding hydrogens is 436 g/mol. The minimum Gasteiger partial charge on any atom is -0.480 e. The standard InChI is InChI=1S/C26H24N2O6/c29-24(28-13-5-10-22(28)25(30)31)23-12-11-16(34-23)14-27-26(32)33-15-21-19-8-3-1-6-17(19)18-7-2-4-9-20(18)21/h1-4,6-9,11-12,21-22H,5,10,13-15H2,(H,27,32)(H,30,31)/t22-/m0/s1. The van der Waals surface area contributed by atoms with E-state index in [-0.39, 0.29) is 24.8 Å². The van der Waals surface area contributed by atoms with Crippen LogP contribution in [-0.2, 0) is 16.1 Å². The van der Waals surface area contributed by atoms with Crippen LogP contribution in [0.5, 0.6) is 0 Å². The molecule has 0 saturated carbocycles. The summed E-state index contributed by atoms with van der Waals surface area (Å²) in [5, 5.41) is 11.9. The molecule has 2 heterocycles. The first kappa shape index (κ1) is 21.8. The van der Waals surface area contributed by atoms with E-state index in [2.05, 4.69) is 29.6 Å². The molecule has 1 saturated heterocycles. The predicted molar refractivity (Wildman–Crippen MR) is 122 cm³/mol. The van der Waals surface area contributed by atoms with Gasteiger partial charge in [-0.3, -0.25) is 4.79 Å². The molecule has 0 unspecified atom stereocenters. The van der Waals surface area contributed by atoms with Crippen LogP contribution in [0.1, 0.15) is 46.2 Å². The summed E-state index contributed by atoms with van der Waals surface area (Å²) in [6.45, 7) is 0.628. The number of aliphatic carboxylic acids is 1. The molecule has 1 aliphatic heterocycles. The molecule has 8 heteroatoms. The first-order valence-electron chi connectivity index (χ1n) is 11.2. The minimum absolute atomic E-state index is 0.0337. The summed E-state index contributed by atoms with van der Waals surface area (Å²) in [7, 11) is 0. The lowest BCUT2D eigenvalue weighted by atomic mass is 9.98. The van der Waals surface area contributed by atoms with Crippen LogP contribution < -0.4 is 5.32 Å². The SMILES string of the molecule is O=C(NCc1ccc(C(=O)N2CCC[C@H]2C(=O)O)o1)OCC1c2ccccc2-c2ccccc21. The molecule has 174 valence electrons. The maximum atomic E-state index is 12.6. The van der Waals surface area contributed by atoms with Gasteiger partial charge in [-0.05, 0) is 47.2 Å². The molecule has 2 amide bonds. The van der Waals surface area contributed by atoms with Crippen molar-refractivity contribution >= 4 is 18.0 Å². The van der Waals surface area contributed by atoms with Crippen LogP contribution >= 0.6 is 0 Å². The molecule has 2 N–H and O–H groups in total.